The highest BCUT2D eigenvalue weighted by Gasteiger charge is 2.14. The van der Waals surface area contributed by atoms with Crippen LogP contribution in [0.15, 0.2) is 11.6 Å². The predicted octanol–water partition coefficient (Wildman–Crippen LogP) is 5.32. The normalized spacial score (nSPS) is 13.1. The van der Waals surface area contributed by atoms with E-state index in [1.807, 2.05) is 6.20 Å². The molecule has 2 nitrogen and oxygen atoms in total. The van der Waals surface area contributed by atoms with Crippen molar-refractivity contribution in [2.45, 2.75) is 84.2 Å². The van der Waals surface area contributed by atoms with Gasteiger partial charge in [0.25, 0.3) is 0 Å². The maximum atomic E-state index is 4.42. The molecule has 0 aliphatic heterocycles. The van der Waals surface area contributed by atoms with Crippen LogP contribution in [0.1, 0.15) is 83.2 Å². The van der Waals surface area contributed by atoms with Crippen LogP contribution in [0.25, 0.3) is 0 Å². The van der Waals surface area contributed by atoms with Crippen LogP contribution in [0.2, 0.25) is 0 Å². The molecule has 0 amide bonds. The topological polar surface area (TPSA) is 24.9 Å². The van der Waals surface area contributed by atoms with Crippen LogP contribution in [0, 0.1) is 0 Å². The van der Waals surface area contributed by atoms with Crippen molar-refractivity contribution in [3.63, 3.8) is 0 Å². The van der Waals surface area contributed by atoms with Crippen LogP contribution in [0.5, 0.6) is 0 Å². The molecule has 0 spiro atoms. The number of nitrogens with zero attached hydrogens (tertiary/aromatic N) is 1. The first-order valence-corrected chi connectivity index (χ1v) is 8.81. The molecule has 1 unspecified atom stereocenters. The summed E-state index contributed by atoms with van der Waals surface area (Å²) in [6, 6.07) is 1.06. The lowest BCUT2D eigenvalue weighted by molar-refractivity contribution is 0.384. The number of rotatable bonds is 11. The van der Waals surface area contributed by atoms with Crippen molar-refractivity contribution in [3.05, 3.63) is 16.6 Å². The van der Waals surface area contributed by atoms with Crippen LogP contribution in [0.3, 0.4) is 0 Å². The molecule has 0 fully saturated rings. The third kappa shape index (κ3) is 7.07. The minimum Gasteiger partial charge on any atom is -0.305 e. The lowest BCUT2D eigenvalue weighted by Crippen LogP contribution is -2.31. The summed E-state index contributed by atoms with van der Waals surface area (Å²) in [5, 5.41) is 7.07. The highest BCUT2D eigenvalue weighted by atomic mass is 32.1. The molecule has 0 aromatic carbocycles. The molecule has 1 aromatic heterocycles. The highest BCUT2D eigenvalue weighted by Crippen LogP contribution is 2.19. The smallest absolute Gasteiger partial charge is 0.109 e. The minimum absolute atomic E-state index is 0.397. The van der Waals surface area contributed by atoms with E-state index in [4.69, 9.17) is 0 Å². The van der Waals surface area contributed by atoms with E-state index in [-0.39, 0.29) is 0 Å². The molecule has 0 saturated carbocycles. The Morgan fingerprint density at radius 2 is 1.74 bits per heavy atom. The van der Waals surface area contributed by atoms with Gasteiger partial charge in [-0.15, -0.1) is 11.3 Å². The third-order valence-electron chi connectivity index (χ3n) is 3.62. The average Bonchev–Trinajstić information content (AvgIpc) is 2.93. The van der Waals surface area contributed by atoms with Crippen LogP contribution in [-0.2, 0) is 0 Å². The maximum Gasteiger partial charge on any atom is 0.109 e. The summed E-state index contributed by atoms with van der Waals surface area (Å²) in [5.74, 6) is 0. The van der Waals surface area contributed by atoms with E-state index in [1.54, 1.807) is 11.3 Å². The van der Waals surface area contributed by atoms with Gasteiger partial charge in [0.05, 0.1) is 6.04 Å². The summed E-state index contributed by atoms with van der Waals surface area (Å²) in [6.45, 7) is 6.79. The Bertz CT molecular complexity index is 288. The number of nitrogens with one attached hydrogen (secondary N) is 1. The van der Waals surface area contributed by atoms with E-state index in [1.165, 1.54) is 56.4 Å². The SMILES string of the molecule is CCCCCC(CCCCC)NC(C)c1nccs1. The van der Waals surface area contributed by atoms with Gasteiger partial charge in [-0.2, -0.15) is 0 Å². The Kier molecular flexibility index (Phi) is 9.10. The first-order chi connectivity index (χ1) is 9.27. The van der Waals surface area contributed by atoms with Gasteiger partial charge in [-0.25, -0.2) is 4.98 Å². The number of hydrogen-bond donors (Lipinski definition) is 1. The lowest BCUT2D eigenvalue weighted by atomic mass is 10.0. The molecule has 0 radical (unpaired) electrons. The number of aromatic nitrogens is 1. The molecule has 1 atom stereocenters. The van der Waals surface area contributed by atoms with Crippen molar-refractivity contribution in [2.24, 2.45) is 0 Å². The first kappa shape index (κ1) is 16.6. The zero-order valence-corrected chi connectivity index (χ0v) is 13.6. The Morgan fingerprint density at radius 1 is 1.11 bits per heavy atom. The van der Waals surface area contributed by atoms with E-state index < -0.39 is 0 Å². The second kappa shape index (κ2) is 10.4. The molecular weight excluding hydrogens is 252 g/mol. The largest absolute Gasteiger partial charge is 0.305 e. The van der Waals surface area contributed by atoms with Crippen molar-refractivity contribution < 1.29 is 0 Å². The molecular formula is C16H30N2S. The standard InChI is InChI=1S/C16H30N2S/c1-4-6-8-10-15(11-9-7-5-2)18-14(3)16-17-12-13-19-16/h12-15,18H,4-11H2,1-3H3. The van der Waals surface area contributed by atoms with E-state index in [0.29, 0.717) is 12.1 Å². The van der Waals surface area contributed by atoms with E-state index in [9.17, 15) is 0 Å². The molecule has 0 aliphatic carbocycles. The summed E-state index contributed by atoms with van der Waals surface area (Å²) in [4.78, 5) is 4.42. The molecule has 0 aliphatic rings. The zero-order valence-electron chi connectivity index (χ0n) is 12.8. The molecule has 1 heterocycles. The second-order valence-corrected chi connectivity index (χ2v) is 6.37. The van der Waals surface area contributed by atoms with Crippen LogP contribution in [0.4, 0.5) is 0 Å². The van der Waals surface area contributed by atoms with Gasteiger partial charge in [0.15, 0.2) is 0 Å². The van der Waals surface area contributed by atoms with Gasteiger partial charge in [0.1, 0.15) is 5.01 Å². The van der Waals surface area contributed by atoms with Crippen molar-refractivity contribution in [2.75, 3.05) is 0 Å². The lowest BCUT2D eigenvalue weighted by Gasteiger charge is -2.22. The van der Waals surface area contributed by atoms with Crippen molar-refractivity contribution in [3.8, 4) is 0 Å². The minimum atomic E-state index is 0.397. The second-order valence-electron chi connectivity index (χ2n) is 5.45. The molecule has 19 heavy (non-hydrogen) atoms. The summed E-state index contributed by atoms with van der Waals surface area (Å²) in [7, 11) is 0. The van der Waals surface area contributed by atoms with Crippen molar-refractivity contribution >= 4 is 11.3 Å². The van der Waals surface area contributed by atoms with Gasteiger partial charge >= 0.3 is 0 Å². The monoisotopic (exact) mass is 282 g/mol. The zero-order chi connectivity index (χ0) is 13.9. The fourth-order valence-corrected chi connectivity index (χ4v) is 3.12. The van der Waals surface area contributed by atoms with E-state index >= 15 is 0 Å². The molecule has 0 bridgehead atoms. The molecule has 110 valence electrons. The van der Waals surface area contributed by atoms with Gasteiger partial charge in [-0.05, 0) is 19.8 Å². The fraction of sp³-hybridized carbons (Fsp3) is 0.812. The summed E-state index contributed by atoms with van der Waals surface area (Å²) in [6.07, 6.45) is 12.6. The average molecular weight is 282 g/mol. The molecule has 0 saturated heterocycles. The quantitative estimate of drug-likeness (QED) is 0.555. The highest BCUT2D eigenvalue weighted by molar-refractivity contribution is 7.09. The number of thiazole rings is 1. The maximum absolute atomic E-state index is 4.42. The Morgan fingerprint density at radius 3 is 2.21 bits per heavy atom. The fourth-order valence-electron chi connectivity index (χ4n) is 2.47. The van der Waals surface area contributed by atoms with Gasteiger partial charge < -0.3 is 5.32 Å². The molecule has 1 rings (SSSR count). The number of unbranched alkanes of at least 4 members (excludes halogenated alkanes) is 4. The van der Waals surface area contributed by atoms with Crippen LogP contribution < -0.4 is 5.32 Å². The molecule has 1 aromatic rings. The Hall–Kier alpha value is -0.410. The summed E-state index contributed by atoms with van der Waals surface area (Å²) < 4.78 is 0. The Labute approximate surface area is 123 Å². The van der Waals surface area contributed by atoms with E-state index in [2.05, 4.69) is 36.5 Å². The predicted molar refractivity (Wildman–Crippen MR) is 85.7 cm³/mol. The van der Waals surface area contributed by atoms with Gasteiger partial charge in [-0.3, -0.25) is 0 Å². The van der Waals surface area contributed by atoms with Crippen LogP contribution >= 0.6 is 11.3 Å². The number of hydrogen-bond acceptors (Lipinski definition) is 3. The van der Waals surface area contributed by atoms with Gasteiger partial charge in [0, 0.05) is 17.6 Å². The summed E-state index contributed by atoms with van der Waals surface area (Å²) in [5.41, 5.74) is 0. The first-order valence-electron chi connectivity index (χ1n) is 7.93. The van der Waals surface area contributed by atoms with E-state index in [0.717, 1.165) is 0 Å². The summed E-state index contributed by atoms with van der Waals surface area (Å²) >= 11 is 1.76. The molecule has 1 N–H and O–H groups in total. The Balaban J connectivity index is 2.37. The molecule has 3 heteroatoms. The van der Waals surface area contributed by atoms with Crippen molar-refractivity contribution in [1.82, 2.24) is 10.3 Å². The third-order valence-corrected chi connectivity index (χ3v) is 4.58. The van der Waals surface area contributed by atoms with Crippen LogP contribution in [-0.4, -0.2) is 11.0 Å². The van der Waals surface area contributed by atoms with Gasteiger partial charge in [0.2, 0.25) is 0 Å². The van der Waals surface area contributed by atoms with Gasteiger partial charge in [-0.1, -0.05) is 52.4 Å². The van der Waals surface area contributed by atoms with Crippen molar-refractivity contribution in [1.29, 1.82) is 0 Å².